The van der Waals surface area contributed by atoms with Gasteiger partial charge in [0.15, 0.2) is 0 Å². The number of carbonyl (C=O) groups is 1. The van der Waals surface area contributed by atoms with E-state index in [2.05, 4.69) is 11.4 Å². The first-order chi connectivity index (χ1) is 10.3. The molecule has 1 aliphatic carbocycles. The van der Waals surface area contributed by atoms with Crippen LogP contribution in [-0.2, 0) is 14.8 Å². The van der Waals surface area contributed by atoms with Crippen molar-refractivity contribution in [2.24, 2.45) is 0 Å². The summed E-state index contributed by atoms with van der Waals surface area (Å²) >= 11 is 0. The molecule has 0 aromatic carbocycles. The van der Waals surface area contributed by atoms with E-state index >= 15 is 0 Å². The summed E-state index contributed by atoms with van der Waals surface area (Å²) < 4.78 is 25.2. The van der Waals surface area contributed by atoms with Crippen LogP contribution in [0, 0.1) is 0 Å². The lowest BCUT2D eigenvalue weighted by atomic mass is 9.97. The Morgan fingerprint density at radius 1 is 1.36 bits per heavy atom. The Hall–Kier alpha value is -0.880. The summed E-state index contributed by atoms with van der Waals surface area (Å²) in [6.45, 7) is 4.68. The molecule has 1 atom stereocenters. The highest BCUT2D eigenvalue weighted by molar-refractivity contribution is 7.88. The van der Waals surface area contributed by atoms with Crippen molar-refractivity contribution >= 4 is 15.9 Å². The summed E-state index contributed by atoms with van der Waals surface area (Å²) in [5.74, 6) is -0.0834. The zero-order valence-corrected chi connectivity index (χ0v) is 14.9. The molecule has 0 bridgehead atoms. The van der Waals surface area contributed by atoms with Crippen molar-refractivity contribution in [2.75, 3.05) is 19.3 Å². The lowest BCUT2D eigenvalue weighted by Gasteiger charge is -2.22. The number of carbonyl (C=O) groups excluding carboxylic acids is 1. The van der Waals surface area contributed by atoms with Gasteiger partial charge in [-0.1, -0.05) is 18.6 Å². The van der Waals surface area contributed by atoms with Gasteiger partial charge >= 0.3 is 0 Å². The Balaban J connectivity index is 2.47. The van der Waals surface area contributed by atoms with Crippen molar-refractivity contribution in [1.29, 1.82) is 0 Å². The third-order valence-corrected chi connectivity index (χ3v) is 5.45. The van der Waals surface area contributed by atoms with Crippen LogP contribution in [0.1, 0.15) is 58.8 Å². The maximum Gasteiger partial charge on any atom is 0.221 e. The van der Waals surface area contributed by atoms with Crippen molar-refractivity contribution in [2.45, 2.75) is 64.8 Å². The summed E-state index contributed by atoms with van der Waals surface area (Å²) in [4.78, 5) is 11.8. The molecule has 0 aromatic rings. The SMILES string of the molecule is CCC(C)NC(=O)CCN(CCC1=CCCCC1)S(C)(=O)=O. The van der Waals surface area contributed by atoms with Gasteiger partial charge < -0.3 is 5.32 Å². The molecule has 22 heavy (non-hydrogen) atoms. The van der Waals surface area contributed by atoms with E-state index in [9.17, 15) is 13.2 Å². The van der Waals surface area contributed by atoms with Crippen LogP contribution in [0.5, 0.6) is 0 Å². The number of allylic oxidation sites excluding steroid dienone is 1. The molecule has 1 aliphatic rings. The molecule has 0 spiro atoms. The van der Waals surface area contributed by atoms with Gasteiger partial charge in [-0.15, -0.1) is 0 Å². The van der Waals surface area contributed by atoms with E-state index in [1.165, 1.54) is 29.0 Å². The van der Waals surface area contributed by atoms with E-state index in [0.29, 0.717) is 6.54 Å². The van der Waals surface area contributed by atoms with Gasteiger partial charge in [0.25, 0.3) is 0 Å². The molecule has 0 aromatic heterocycles. The summed E-state index contributed by atoms with van der Waals surface area (Å²) in [7, 11) is -3.27. The number of hydrogen-bond donors (Lipinski definition) is 1. The molecule has 128 valence electrons. The Labute approximate surface area is 135 Å². The summed E-state index contributed by atoms with van der Waals surface area (Å²) in [6, 6.07) is 0.131. The van der Waals surface area contributed by atoms with E-state index in [4.69, 9.17) is 0 Å². The minimum atomic E-state index is -3.27. The smallest absolute Gasteiger partial charge is 0.221 e. The molecule has 1 amide bonds. The van der Waals surface area contributed by atoms with Gasteiger partial charge in [-0.05, 0) is 45.4 Å². The van der Waals surface area contributed by atoms with Gasteiger partial charge in [0.2, 0.25) is 15.9 Å². The van der Waals surface area contributed by atoms with Crippen molar-refractivity contribution in [1.82, 2.24) is 9.62 Å². The van der Waals surface area contributed by atoms with Crippen LogP contribution in [0.2, 0.25) is 0 Å². The summed E-state index contributed by atoms with van der Waals surface area (Å²) in [5, 5.41) is 2.87. The van der Waals surface area contributed by atoms with Gasteiger partial charge in [-0.3, -0.25) is 4.79 Å². The second kappa shape index (κ2) is 9.30. The van der Waals surface area contributed by atoms with E-state index in [1.807, 2.05) is 13.8 Å². The van der Waals surface area contributed by atoms with Crippen LogP contribution in [-0.4, -0.2) is 44.0 Å². The first-order valence-electron chi connectivity index (χ1n) is 8.25. The number of amides is 1. The number of sulfonamides is 1. The second-order valence-corrected chi connectivity index (χ2v) is 8.13. The monoisotopic (exact) mass is 330 g/mol. The fraction of sp³-hybridized carbons (Fsp3) is 0.812. The van der Waals surface area contributed by atoms with Crippen molar-refractivity contribution in [3.8, 4) is 0 Å². The zero-order chi connectivity index (χ0) is 16.6. The Kier molecular flexibility index (Phi) is 8.10. The number of nitrogens with zero attached hydrogens (tertiary/aromatic N) is 1. The van der Waals surface area contributed by atoms with Crippen molar-refractivity contribution in [3.63, 3.8) is 0 Å². The number of hydrogen-bond acceptors (Lipinski definition) is 3. The average molecular weight is 330 g/mol. The Morgan fingerprint density at radius 3 is 2.64 bits per heavy atom. The van der Waals surface area contributed by atoms with Crippen LogP contribution in [0.4, 0.5) is 0 Å². The van der Waals surface area contributed by atoms with Crippen LogP contribution >= 0.6 is 0 Å². The lowest BCUT2D eigenvalue weighted by Crippen LogP contribution is -2.37. The Bertz CT molecular complexity index is 486. The zero-order valence-electron chi connectivity index (χ0n) is 14.1. The highest BCUT2D eigenvalue weighted by atomic mass is 32.2. The van der Waals surface area contributed by atoms with Crippen LogP contribution in [0.15, 0.2) is 11.6 Å². The standard InChI is InChI=1S/C16H30N2O3S/c1-4-14(2)17-16(19)11-13-18(22(3,20)21)12-10-15-8-6-5-7-9-15/h8,14H,4-7,9-13H2,1-3H3,(H,17,19). The molecule has 0 radical (unpaired) electrons. The first-order valence-corrected chi connectivity index (χ1v) is 10.1. The topological polar surface area (TPSA) is 66.5 Å². The van der Waals surface area contributed by atoms with Crippen molar-refractivity contribution < 1.29 is 13.2 Å². The van der Waals surface area contributed by atoms with Crippen LogP contribution < -0.4 is 5.32 Å². The predicted octanol–water partition coefficient (Wildman–Crippen LogP) is 2.44. The molecule has 5 nitrogen and oxygen atoms in total. The highest BCUT2D eigenvalue weighted by Gasteiger charge is 2.18. The summed E-state index contributed by atoms with van der Waals surface area (Å²) in [6.07, 6.45) is 9.93. The molecule has 0 saturated carbocycles. The molecule has 6 heteroatoms. The lowest BCUT2D eigenvalue weighted by molar-refractivity contribution is -0.121. The maximum atomic E-state index is 11.9. The highest BCUT2D eigenvalue weighted by Crippen LogP contribution is 2.20. The van der Waals surface area contributed by atoms with E-state index in [1.54, 1.807) is 0 Å². The minimum Gasteiger partial charge on any atom is -0.354 e. The maximum absolute atomic E-state index is 11.9. The molecule has 0 heterocycles. The third kappa shape index (κ3) is 7.40. The average Bonchev–Trinajstić information content (AvgIpc) is 2.46. The van der Waals surface area contributed by atoms with Crippen LogP contribution in [0.3, 0.4) is 0 Å². The fourth-order valence-electron chi connectivity index (χ4n) is 2.52. The van der Waals surface area contributed by atoms with E-state index in [0.717, 1.165) is 25.7 Å². The predicted molar refractivity (Wildman–Crippen MR) is 90.1 cm³/mol. The van der Waals surface area contributed by atoms with Gasteiger partial charge in [0.1, 0.15) is 0 Å². The van der Waals surface area contributed by atoms with Crippen molar-refractivity contribution in [3.05, 3.63) is 11.6 Å². The minimum absolute atomic E-state index is 0.0834. The van der Waals surface area contributed by atoms with Crippen LogP contribution in [0.25, 0.3) is 0 Å². The number of rotatable bonds is 9. The van der Waals surface area contributed by atoms with Gasteiger partial charge in [-0.25, -0.2) is 12.7 Å². The fourth-order valence-corrected chi connectivity index (χ4v) is 3.36. The largest absolute Gasteiger partial charge is 0.354 e. The van der Waals surface area contributed by atoms with E-state index < -0.39 is 10.0 Å². The van der Waals surface area contributed by atoms with Gasteiger partial charge in [0.05, 0.1) is 6.26 Å². The molecule has 1 N–H and O–H groups in total. The second-order valence-electron chi connectivity index (χ2n) is 6.15. The first kappa shape index (κ1) is 19.2. The molecular weight excluding hydrogens is 300 g/mol. The quantitative estimate of drug-likeness (QED) is 0.660. The molecule has 0 aliphatic heterocycles. The van der Waals surface area contributed by atoms with Gasteiger partial charge in [0, 0.05) is 25.6 Å². The Morgan fingerprint density at radius 2 is 2.09 bits per heavy atom. The van der Waals surface area contributed by atoms with E-state index in [-0.39, 0.29) is 24.9 Å². The number of nitrogens with one attached hydrogen (secondary N) is 1. The molecule has 1 unspecified atom stereocenters. The molecule has 0 saturated heterocycles. The normalized spacial score (nSPS) is 17.2. The molecule has 0 fully saturated rings. The third-order valence-electron chi connectivity index (χ3n) is 4.14. The summed E-state index contributed by atoms with van der Waals surface area (Å²) in [5.41, 5.74) is 1.35. The molecular formula is C16H30N2O3S. The van der Waals surface area contributed by atoms with Gasteiger partial charge in [-0.2, -0.15) is 0 Å². The molecule has 1 rings (SSSR count).